The average Bonchev–Trinajstić information content (AvgIpc) is 2.83. The van der Waals surface area contributed by atoms with E-state index >= 15 is 0 Å². The van der Waals surface area contributed by atoms with Crippen molar-refractivity contribution < 1.29 is 14.3 Å². The van der Waals surface area contributed by atoms with E-state index in [9.17, 15) is 4.79 Å². The van der Waals surface area contributed by atoms with Crippen LogP contribution in [0.3, 0.4) is 0 Å². The van der Waals surface area contributed by atoms with Gasteiger partial charge < -0.3 is 9.47 Å². The topological polar surface area (TPSA) is 53.4 Å². The van der Waals surface area contributed by atoms with Crippen LogP contribution in [0.2, 0.25) is 0 Å². The number of nitrogens with zero attached hydrogens (tertiary/aromatic N) is 2. The lowest BCUT2D eigenvalue weighted by atomic mass is 10.3. The highest BCUT2D eigenvalue weighted by Gasteiger charge is 2.16. The summed E-state index contributed by atoms with van der Waals surface area (Å²) in [6, 6.07) is 9.03. The number of rotatable bonds is 3. The Bertz CT molecular complexity index is 563. The lowest BCUT2D eigenvalue weighted by Crippen LogP contribution is -2.04. The molecule has 0 unspecified atom stereocenters. The molecule has 18 heavy (non-hydrogen) atoms. The fourth-order valence-electron chi connectivity index (χ4n) is 1.48. The van der Waals surface area contributed by atoms with Gasteiger partial charge in [-0.2, -0.15) is 5.10 Å². The van der Waals surface area contributed by atoms with E-state index in [-0.39, 0.29) is 5.69 Å². The minimum Gasteiger partial charge on any atom is -0.481 e. The Hall–Kier alpha value is -1.82. The molecule has 0 saturated carbocycles. The normalized spacial score (nSPS) is 10.2. The quantitative estimate of drug-likeness (QED) is 0.817. The molecule has 0 amide bonds. The average molecular weight is 311 g/mol. The molecule has 1 aromatic heterocycles. The first-order valence-corrected chi connectivity index (χ1v) is 5.93. The van der Waals surface area contributed by atoms with Gasteiger partial charge in [0.1, 0.15) is 0 Å². The lowest BCUT2D eigenvalue weighted by molar-refractivity contribution is 0.0593. The molecular weight excluding hydrogens is 300 g/mol. The fraction of sp³-hybridized carbons (Fsp3) is 0.167. The number of benzene rings is 1. The second-order valence-corrected chi connectivity index (χ2v) is 4.37. The number of aromatic nitrogens is 2. The predicted molar refractivity (Wildman–Crippen MR) is 69.2 cm³/mol. The molecule has 1 heterocycles. The largest absolute Gasteiger partial charge is 0.481 e. The number of hydrogen-bond donors (Lipinski definition) is 0. The van der Waals surface area contributed by atoms with Crippen molar-refractivity contribution in [2.24, 2.45) is 0 Å². The number of carbonyl (C=O) groups is 1. The summed E-state index contributed by atoms with van der Waals surface area (Å²) in [6.45, 7) is 0. The Morgan fingerprint density at radius 2 is 1.94 bits per heavy atom. The van der Waals surface area contributed by atoms with Crippen LogP contribution in [0.15, 0.2) is 34.8 Å². The van der Waals surface area contributed by atoms with E-state index in [2.05, 4.69) is 25.8 Å². The van der Waals surface area contributed by atoms with Crippen molar-refractivity contribution in [2.75, 3.05) is 14.2 Å². The summed E-state index contributed by atoms with van der Waals surface area (Å²) in [5.41, 5.74) is 1.00. The van der Waals surface area contributed by atoms with Crippen molar-refractivity contribution in [1.29, 1.82) is 0 Å². The summed E-state index contributed by atoms with van der Waals surface area (Å²) in [7, 11) is 2.83. The summed E-state index contributed by atoms with van der Waals surface area (Å²) >= 11 is 3.36. The Labute approximate surface area is 112 Å². The van der Waals surface area contributed by atoms with E-state index in [1.165, 1.54) is 20.3 Å². The second-order valence-electron chi connectivity index (χ2n) is 3.45. The lowest BCUT2D eigenvalue weighted by Gasteiger charge is -2.05. The SMILES string of the molecule is COC(=O)c1cc(OC)n(-c2ccc(Br)cc2)n1. The second kappa shape index (κ2) is 5.22. The van der Waals surface area contributed by atoms with Gasteiger partial charge >= 0.3 is 5.97 Å². The number of carbonyl (C=O) groups excluding carboxylic acids is 1. The van der Waals surface area contributed by atoms with E-state index in [4.69, 9.17) is 4.74 Å². The van der Waals surface area contributed by atoms with Gasteiger partial charge in [-0.3, -0.25) is 0 Å². The predicted octanol–water partition coefficient (Wildman–Crippen LogP) is 2.43. The molecule has 0 spiro atoms. The van der Waals surface area contributed by atoms with Crippen LogP contribution in [-0.4, -0.2) is 30.0 Å². The molecule has 0 aliphatic carbocycles. The smallest absolute Gasteiger partial charge is 0.358 e. The molecule has 0 atom stereocenters. The van der Waals surface area contributed by atoms with Crippen molar-refractivity contribution in [3.63, 3.8) is 0 Å². The molecule has 0 N–H and O–H groups in total. The monoisotopic (exact) mass is 310 g/mol. The molecule has 5 nitrogen and oxygen atoms in total. The highest BCUT2D eigenvalue weighted by Crippen LogP contribution is 2.21. The first kappa shape index (κ1) is 12.6. The molecule has 0 fully saturated rings. The number of esters is 1. The molecule has 1 aromatic carbocycles. The zero-order chi connectivity index (χ0) is 13.1. The van der Waals surface area contributed by atoms with Crippen molar-refractivity contribution >= 4 is 21.9 Å². The third kappa shape index (κ3) is 2.38. The van der Waals surface area contributed by atoms with Gasteiger partial charge in [-0.05, 0) is 24.3 Å². The molecule has 0 bridgehead atoms. The van der Waals surface area contributed by atoms with Gasteiger partial charge in [-0.25, -0.2) is 9.48 Å². The van der Waals surface area contributed by atoms with Gasteiger partial charge in [0.2, 0.25) is 5.88 Å². The van der Waals surface area contributed by atoms with E-state index in [0.717, 1.165) is 10.2 Å². The molecule has 0 saturated heterocycles. The van der Waals surface area contributed by atoms with Crippen LogP contribution in [0, 0.1) is 0 Å². The van der Waals surface area contributed by atoms with Crippen LogP contribution in [0.4, 0.5) is 0 Å². The maximum absolute atomic E-state index is 11.4. The number of methoxy groups -OCH3 is 2. The molecule has 6 heteroatoms. The van der Waals surface area contributed by atoms with Gasteiger partial charge in [-0.15, -0.1) is 0 Å². The van der Waals surface area contributed by atoms with Gasteiger partial charge in [0, 0.05) is 10.5 Å². The molecule has 0 aliphatic rings. The standard InChI is InChI=1S/C12H11BrN2O3/c1-17-11-7-10(12(16)18-2)14-15(11)9-5-3-8(13)4-6-9/h3-7H,1-2H3. The number of hydrogen-bond acceptors (Lipinski definition) is 4. The summed E-state index contributed by atoms with van der Waals surface area (Å²) in [6.07, 6.45) is 0. The fourth-order valence-corrected chi connectivity index (χ4v) is 1.75. The molecule has 2 rings (SSSR count). The molecule has 0 radical (unpaired) electrons. The van der Waals surface area contributed by atoms with Crippen LogP contribution < -0.4 is 4.74 Å². The minimum atomic E-state index is -0.496. The zero-order valence-electron chi connectivity index (χ0n) is 9.88. The Morgan fingerprint density at radius 3 is 2.50 bits per heavy atom. The van der Waals surface area contributed by atoms with E-state index < -0.39 is 5.97 Å². The van der Waals surface area contributed by atoms with Crippen molar-refractivity contribution in [1.82, 2.24) is 9.78 Å². The van der Waals surface area contributed by atoms with E-state index in [1.54, 1.807) is 4.68 Å². The minimum absolute atomic E-state index is 0.206. The Balaban J connectivity index is 2.46. The summed E-state index contributed by atoms with van der Waals surface area (Å²) in [4.78, 5) is 11.4. The maximum Gasteiger partial charge on any atom is 0.358 e. The van der Waals surface area contributed by atoms with Crippen molar-refractivity contribution in [2.45, 2.75) is 0 Å². The summed E-state index contributed by atoms with van der Waals surface area (Å²) in [5.74, 6) is -0.0260. The molecule has 2 aromatic rings. The number of halogens is 1. The van der Waals surface area contributed by atoms with Crippen LogP contribution in [-0.2, 0) is 4.74 Å². The molecule has 0 aliphatic heterocycles. The number of ether oxygens (including phenoxy) is 2. The highest BCUT2D eigenvalue weighted by molar-refractivity contribution is 9.10. The first-order chi connectivity index (χ1) is 8.65. The van der Waals surface area contributed by atoms with E-state index in [1.807, 2.05) is 24.3 Å². The van der Waals surface area contributed by atoms with Crippen LogP contribution in [0.1, 0.15) is 10.5 Å². The van der Waals surface area contributed by atoms with Gasteiger partial charge in [-0.1, -0.05) is 15.9 Å². The van der Waals surface area contributed by atoms with Crippen molar-refractivity contribution in [3.8, 4) is 11.6 Å². The maximum atomic E-state index is 11.4. The van der Waals surface area contributed by atoms with Gasteiger partial charge in [0.15, 0.2) is 5.69 Å². The molecular formula is C12H11BrN2O3. The van der Waals surface area contributed by atoms with Gasteiger partial charge in [0.25, 0.3) is 0 Å². The zero-order valence-corrected chi connectivity index (χ0v) is 11.5. The first-order valence-electron chi connectivity index (χ1n) is 5.14. The van der Waals surface area contributed by atoms with Crippen LogP contribution >= 0.6 is 15.9 Å². The summed E-state index contributed by atoms with van der Waals surface area (Å²) in [5, 5.41) is 4.15. The molecule has 94 valence electrons. The van der Waals surface area contributed by atoms with Crippen LogP contribution in [0.5, 0.6) is 5.88 Å². The summed E-state index contributed by atoms with van der Waals surface area (Å²) < 4.78 is 12.3. The van der Waals surface area contributed by atoms with E-state index in [0.29, 0.717) is 5.88 Å². The van der Waals surface area contributed by atoms with Crippen molar-refractivity contribution in [3.05, 3.63) is 40.5 Å². The Kier molecular flexibility index (Phi) is 3.66. The van der Waals surface area contributed by atoms with Gasteiger partial charge in [0.05, 0.1) is 19.9 Å². The van der Waals surface area contributed by atoms with Crippen LogP contribution in [0.25, 0.3) is 5.69 Å². The highest BCUT2D eigenvalue weighted by atomic mass is 79.9. The Morgan fingerprint density at radius 1 is 1.28 bits per heavy atom. The third-order valence-corrected chi connectivity index (χ3v) is 2.88. The third-order valence-electron chi connectivity index (χ3n) is 2.35.